The molecule has 27 heavy (non-hydrogen) atoms. The first-order valence-corrected chi connectivity index (χ1v) is 7.93. The summed E-state index contributed by atoms with van der Waals surface area (Å²) in [5.41, 5.74) is -0.0611. The zero-order chi connectivity index (χ0) is 20.1. The molecule has 2 aromatic rings. The van der Waals surface area contributed by atoms with Gasteiger partial charge in [0.1, 0.15) is 11.5 Å². The zero-order valence-electron chi connectivity index (χ0n) is 14.9. The van der Waals surface area contributed by atoms with Crippen LogP contribution in [-0.2, 0) is 9.53 Å². The zero-order valence-corrected chi connectivity index (χ0v) is 14.9. The van der Waals surface area contributed by atoms with Crippen molar-refractivity contribution in [2.75, 3.05) is 24.3 Å². The van der Waals surface area contributed by atoms with Crippen LogP contribution < -0.4 is 10.2 Å². The smallest absolute Gasteiger partial charge is 0.339 e. The number of nitrogens with one attached hydrogen (secondary N) is 1. The van der Waals surface area contributed by atoms with Gasteiger partial charge >= 0.3 is 5.97 Å². The van der Waals surface area contributed by atoms with Crippen molar-refractivity contribution in [2.45, 2.75) is 13.0 Å². The number of rotatable bonds is 6. The van der Waals surface area contributed by atoms with Gasteiger partial charge in [-0.2, -0.15) is 0 Å². The van der Waals surface area contributed by atoms with Crippen molar-refractivity contribution in [3.63, 3.8) is 0 Å². The fourth-order valence-corrected chi connectivity index (χ4v) is 2.25. The van der Waals surface area contributed by atoms with Gasteiger partial charge in [0, 0.05) is 20.2 Å². The van der Waals surface area contributed by atoms with E-state index in [4.69, 9.17) is 4.74 Å². The molecule has 0 spiro atoms. The molecular weight excluding hydrogens is 357 g/mol. The quantitative estimate of drug-likeness (QED) is 0.473. The molecular formula is C18H18FN3O5. The number of amides is 1. The molecule has 0 unspecified atom stereocenters. The van der Waals surface area contributed by atoms with Crippen molar-refractivity contribution in [2.24, 2.45) is 0 Å². The van der Waals surface area contributed by atoms with E-state index in [0.717, 1.165) is 6.07 Å². The number of ether oxygens (including phenoxy) is 1. The normalized spacial score (nSPS) is 11.4. The number of benzene rings is 2. The number of halogens is 1. The molecule has 2 aromatic carbocycles. The number of carbonyl (C=O) groups excluding carboxylic acids is 2. The Bertz CT molecular complexity index is 885. The van der Waals surface area contributed by atoms with E-state index in [1.54, 1.807) is 20.2 Å². The minimum atomic E-state index is -1.23. The molecule has 0 bridgehead atoms. The van der Waals surface area contributed by atoms with E-state index in [2.05, 4.69) is 5.32 Å². The van der Waals surface area contributed by atoms with Crippen LogP contribution in [0.25, 0.3) is 0 Å². The number of carbonyl (C=O) groups is 2. The molecule has 1 N–H and O–H groups in total. The Kier molecular flexibility index (Phi) is 6.07. The Morgan fingerprint density at radius 3 is 2.48 bits per heavy atom. The fourth-order valence-electron chi connectivity index (χ4n) is 2.25. The summed E-state index contributed by atoms with van der Waals surface area (Å²) in [6.07, 6.45) is -1.23. The molecule has 0 radical (unpaired) electrons. The Morgan fingerprint density at radius 2 is 1.89 bits per heavy atom. The van der Waals surface area contributed by atoms with Crippen molar-refractivity contribution < 1.29 is 23.6 Å². The van der Waals surface area contributed by atoms with E-state index in [9.17, 15) is 24.1 Å². The highest BCUT2D eigenvalue weighted by atomic mass is 19.1. The van der Waals surface area contributed by atoms with Gasteiger partial charge in [-0.1, -0.05) is 12.1 Å². The molecule has 0 aromatic heterocycles. The van der Waals surface area contributed by atoms with Gasteiger partial charge < -0.3 is 15.0 Å². The molecule has 0 heterocycles. The van der Waals surface area contributed by atoms with Gasteiger partial charge in [-0.3, -0.25) is 14.9 Å². The molecule has 0 aliphatic heterocycles. The largest absolute Gasteiger partial charge is 0.449 e. The number of hydrogen-bond acceptors (Lipinski definition) is 6. The van der Waals surface area contributed by atoms with E-state index in [1.165, 1.54) is 42.2 Å². The molecule has 2 rings (SSSR count). The van der Waals surface area contributed by atoms with Gasteiger partial charge in [0.25, 0.3) is 11.6 Å². The molecule has 0 saturated heterocycles. The molecule has 8 nitrogen and oxygen atoms in total. The third-order valence-corrected chi connectivity index (χ3v) is 3.67. The highest BCUT2D eigenvalue weighted by Crippen LogP contribution is 2.28. The lowest BCUT2D eigenvalue weighted by Crippen LogP contribution is -2.30. The number of nitro benzene ring substituents is 1. The van der Waals surface area contributed by atoms with Gasteiger partial charge in [-0.25, -0.2) is 9.18 Å². The second kappa shape index (κ2) is 8.26. The van der Waals surface area contributed by atoms with Crippen molar-refractivity contribution in [3.8, 4) is 0 Å². The average Bonchev–Trinajstić information content (AvgIpc) is 2.62. The van der Waals surface area contributed by atoms with Gasteiger partial charge in [-0.15, -0.1) is 0 Å². The maximum atomic E-state index is 13.6. The summed E-state index contributed by atoms with van der Waals surface area (Å²) in [6, 6.07) is 9.42. The first-order chi connectivity index (χ1) is 12.7. The second-order valence-electron chi connectivity index (χ2n) is 5.87. The van der Waals surface area contributed by atoms with Crippen LogP contribution in [0.2, 0.25) is 0 Å². The third kappa shape index (κ3) is 4.78. The summed E-state index contributed by atoms with van der Waals surface area (Å²) in [4.78, 5) is 36.4. The fraction of sp³-hybridized carbons (Fsp3) is 0.222. The Balaban J connectivity index is 2.12. The van der Waals surface area contributed by atoms with E-state index in [-0.39, 0.29) is 16.9 Å². The van der Waals surface area contributed by atoms with Crippen molar-refractivity contribution in [1.82, 2.24) is 0 Å². The lowest BCUT2D eigenvalue weighted by atomic mass is 10.1. The number of esters is 1. The van der Waals surface area contributed by atoms with Crippen LogP contribution in [0.3, 0.4) is 0 Å². The van der Waals surface area contributed by atoms with Crippen LogP contribution in [-0.4, -0.2) is 37.0 Å². The molecule has 0 saturated carbocycles. The van der Waals surface area contributed by atoms with E-state index < -0.39 is 28.7 Å². The van der Waals surface area contributed by atoms with Crippen molar-refractivity contribution in [3.05, 3.63) is 64.0 Å². The van der Waals surface area contributed by atoms with Crippen LogP contribution in [0, 0.1) is 15.9 Å². The monoisotopic (exact) mass is 375 g/mol. The van der Waals surface area contributed by atoms with E-state index >= 15 is 0 Å². The van der Waals surface area contributed by atoms with E-state index in [1.807, 2.05) is 0 Å². The van der Waals surface area contributed by atoms with Crippen LogP contribution in [0.15, 0.2) is 42.5 Å². The van der Waals surface area contributed by atoms with Gasteiger partial charge in [0.2, 0.25) is 0 Å². The Hall–Kier alpha value is -3.49. The number of para-hydroxylation sites is 1. The minimum Gasteiger partial charge on any atom is -0.449 e. The van der Waals surface area contributed by atoms with Gasteiger partial charge in [-0.05, 0) is 31.2 Å². The number of anilines is 2. The molecule has 1 atom stereocenters. The molecule has 0 fully saturated rings. The summed E-state index contributed by atoms with van der Waals surface area (Å²) >= 11 is 0. The predicted molar refractivity (Wildman–Crippen MR) is 97.3 cm³/mol. The minimum absolute atomic E-state index is 0.0450. The highest BCUT2D eigenvalue weighted by molar-refractivity contribution is 5.97. The molecule has 1 amide bonds. The molecule has 142 valence electrons. The van der Waals surface area contributed by atoms with Crippen molar-refractivity contribution in [1.29, 1.82) is 0 Å². The van der Waals surface area contributed by atoms with Crippen LogP contribution in [0.1, 0.15) is 17.3 Å². The number of nitrogens with zero attached hydrogens (tertiary/aromatic N) is 2. The Labute approximate surface area is 154 Å². The maximum Gasteiger partial charge on any atom is 0.339 e. The summed E-state index contributed by atoms with van der Waals surface area (Å²) in [6.45, 7) is 1.32. The first-order valence-electron chi connectivity index (χ1n) is 7.93. The molecule has 9 heteroatoms. The standard InChI is InChI=1S/C18H18FN3O5/c1-11(17(23)20-14-7-5-4-6-13(14)19)27-18(24)12-8-9-15(21(2)3)16(10-12)22(25)26/h4-11H,1-3H3,(H,20,23)/t11-/m0/s1. The summed E-state index contributed by atoms with van der Waals surface area (Å²) in [5, 5.41) is 13.5. The second-order valence-corrected chi connectivity index (χ2v) is 5.87. The Morgan fingerprint density at radius 1 is 1.22 bits per heavy atom. The average molecular weight is 375 g/mol. The maximum absolute atomic E-state index is 13.6. The SMILES string of the molecule is C[C@H](OC(=O)c1ccc(N(C)C)c([N+](=O)[O-])c1)C(=O)Nc1ccccc1F. The predicted octanol–water partition coefficient (Wildman–Crippen LogP) is 2.98. The topological polar surface area (TPSA) is 102 Å². The summed E-state index contributed by atoms with van der Waals surface area (Å²) < 4.78 is 18.6. The van der Waals surface area contributed by atoms with Gasteiger partial charge in [0.15, 0.2) is 6.10 Å². The lowest BCUT2D eigenvalue weighted by Gasteiger charge is -2.15. The molecule has 0 aliphatic carbocycles. The van der Waals surface area contributed by atoms with E-state index in [0.29, 0.717) is 5.69 Å². The van der Waals surface area contributed by atoms with Gasteiger partial charge in [0.05, 0.1) is 16.2 Å². The van der Waals surface area contributed by atoms with Crippen LogP contribution in [0.5, 0.6) is 0 Å². The van der Waals surface area contributed by atoms with Crippen LogP contribution in [0.4, 0.5) is 21.5 Å². The van der Waals surface area contributed by atoms with Crippen molar-refractivity contribution >= 4 is 28.9 Å². The van der Waals surface area contributed by atoms with Crippen LogP contribution >= 0.6 is 0 Å². The number of hydrogen-bond donors (Lipinski definition) is 1. The number of nitro groups is 1. The third-order valence-electron chi connectivity index (χ3n) is 3.67. The highest BCUT2D eigenvalue weighted by Gasteiger charge is 2.23. The molecule has 0 aliphatic rings. The first kappa shape index (κ1) is 19.8. The summed E-state index contributed by atoms with van der Waals surface area (Å²) in [7, 11) is 3.27. The summed E-state index contributed by atoms with van der Waals surface area (Å²) in [5.74, 6) is -2.26. The lowest BCUT2D eigenvalue weighted by molar-refractivity contribution is -0.384.